The summed E-state index contributed by atoms with van der Waals surface area (Å²) in [6.07, 6.45) is 0. The van der Waals surface area contributed by atoms with Gasteiger partial charge in [0, 0.05) is 22.3 Å². The normalized spacial score (nSPS) is 15.0. The molecule has 0 fully saturated rings. The average molecular weight is 377 g/mol. The maximum Gasteiger partial charge on any atom is 0.101 e. The molecule has 2 nitrogen and oxygen atoms in total. The molecule has 0 amide bonds. The lowest BCUT2D eigenvalue weighted by Crippen LogP contribution is -2.30. The molecule has 150 valence electrons. The van der Waals surface area contributed by atoms with Crippen molar-refractivity contribution in [3.63, 3.8) is 0 Å². The number of nitrogens with zero attached hydrogens (tertiary/aromatic N) is 2. The molecule has 0 unspecified atom stereocenters. The fraction of sp³-hybridized carbons (Fsp3) is 0.462. The van der Waals surface area contributed by atoms with E-state index in [0.29, 0.717) is 0 Å². The van der Waals surface area contributed by atoms with Gasteiger partial charge in [0.15, 0.2) is 0 Å². The number of aryl methyl sites for hydroxylation is 2. The highest BCUT2D eigenvalue weighted by Crippen LogP contribution is 2.39. The highest BCUT2D eigenvalue weighted by Gasteiger charge is 2.35. The molecule has 0 saturated carbocycles. The van der Waals surface area contributed by atoms with Crippen LogP contribution in [0.5, 0.6) is 0 Å². The minimum Gasteiger partial charge on any atom is -0.159 e. The van der Waals surface area contributed by atoms with Crippen molar-refractivity contribution in [3.8, 4) is 0 Å². The minimum atomic E-state index is -0.145. The van der Waals surface area contributed by atoms with Crippen molar-refractivity contribution in [2.45, 2.75) is 81.6 Å². The van der Waals surface area contributed by atoms with Crippen LogP contribution in [-0.4, -0.2) is 11.4 Å². The molecular weight excluding hydrogens is 340 g/mol. The van der Waals surface area contributed by atoms with Gasteiger partial charge in [0.1, 0.15) is 5.71 Å². The van der Waals surface area contributed by atoms with Gasteiger partial charge in [-0.2, -0.15) is 5.10 Å². The first-order chi connectivity index (χ1) is 13.1. The van der Waals surface area contributed by atoms with Crippen LogP contribution in [0, 0.1) is 41.5 Å². The van der Waals surface area contributed by atoms with E-state index in [1.54, 1.807) is 0 Å². The highest BCUT2D eigenvalue weighted by atomic mass is 15.2. The first-order valence-electron chi connectivity index (χ1n) is 10.4. The lowest BCUT2D eigenvalue weighted by molar-refractivity contribution is 0.702. The molecule has 0 bridgehead atoms. The minimum absolute atomic E-state index is 0.145. The second-order valence-corrected chi connectivity index (χ2v) is 8.31. The van der Waals surface area contributed by atoms with Gasteiger partial charge in [0.25, 0.3) is 0 Å². The van der Waals surface area contributed by atoms with E-state index >= 15 is 0 Å². The number of benzene rings is 2. The molecule has 0 radical (unpaired) electrons. The van der Waals surface area contributed by atoms with Gasteiger partial charge in [0.2, 0.25) is 0 Å². The van der Waals surface area contributed by atoms with E-state index < -0.39 is 0 Å². The van der Waals surface area contributed by atoms with Gasteiger partial charge in [-0.1, -0.05) is 39.8 Å². The molecule has 1 aliphatic heterocycles. The van der Waals surface area contributed by atoms with Crippen molar-refractivity contribution in [2.24, 2.45) is 10.2 Å². The topological polar surface area (TPSA) is 24.7 Å². The largest absolute Gasteiger partial charge is 0.159 e. The lowest BCUT2D eigenvalue weighted by atomic mass is 9.71. The van der Waals surface area contributed by atoms with Gasteiger partial charge in [0.05, 0.1) is 0 Å². The SMILES string of the molecule is CC.CC1=NN=C(c2ccc(C)c(C)c2)c2c(C)c(C)c(C)c(C)c2C1(C)C. The van der Waals surface area contributed by atoms with Crippen molar-refractivity contribution in [1.29, 1.82) is 0 Å². The fourth-order valence-corrected chi connectivity index (χ4v) is 3.96. The Balaban J connectivity index is 0.00000136. The highest BCUT2D eigenvalue weighted by molar-refractivity contribution is 6.17. The zero-order valence-electron chi connectivity index (χ0n) is 19.6. The first kappa shape index (κ1) is 22.1. The van der Waals surface area contributed by atoms with E-state index in [-0.39, 0.29) is 5.41 Å². The van der Waals surface area contributed by atoms with Crippen LogP contribution in [0.1, 0.15) is 84.7 Å². The van der Waals surface area contributed by atoms with Gasteiger partial charge in [-0.25, -0.2) is 0 Å². The third-order valence-corrected chi connectivity index (χ3v) is 6.53. The summed E-state index contributed by atoms with van der Waals surface area (Å²) in [5, 5.41) is 9.41. The van der Waals surface area contributed by atoms with E-state index in [9.17, 15) is 0 Å². The molecular formula is C26H36N2. The number of hydrogen-bond acceptors (Lipinski definition) is 2. The Labute approximate surface area is 171 Å². The Hall–Kier alpha value is -2.22. The van der Waals surface area contributed by atoms with Crippen LogP contribution in [-0.2, 0) is 5.41 Å². The summed E-state index contributed by atoms with van der Waals surface area (Å²) >= 11 is 0. The standard InChI is InChI=1S/C24H30N2.C2H6/c1-13-10-11-20(12-14(13)2)23-21-17(5)15(3)16(4)18(6)22(21)24(8,9)19(7)25-26-23;1-2/h10-12H,1-9H3;1-2H3. The number of hydrogen-bond donors (Lipinski definition) is 0. The third kappa shape index (κ3) is 3.45. The summed E-state index contributed by atoms with van der Waals surface area (Å²) in [4.78, 5) is 0. The monoisotopic (exact) mass is 376 g/mol. The Morgan fingerprint density at radius 3 is 1.82 bits per heavy atom. The van der Waals surface area contributed by atoms with Crippen LogP contribution in [0.4, 0.5) is 0 Å². The number of fused-ring (bicyclic) bond motifs is 1. The smallest absolute Gasteiger partial charge is 0.101 e. The summed E-state index contributed by atoms with van der Waals surface area (Å²) in [5.74, 6) is 0. The molecule has 0 saturated heterocycles. The zero-order chi connectivity index (χ0) is 21.4. The molecule has 28 heavy (non-hydrogen) atoms. The quantitative estimate of drug-likeness (QED) is 0.508. The van der Waals surface area contributed by atoms with Crippen molar-refractivity contribution in [3.05, 3.63) is 68.3 Å². The average Bonchev–Trinajstić information content (AvgIpc) is 2.77. The van der Waals surface area contributed by atoms with Crippen LogP contribution in [0.25, 0.3) is 0 Å². The summed E-state index contributed by atoms with van der Waals surface area (Å²) in [5.41, 5.74) is 13.7. The Morgan fingerprint density at radius 2 is 1.25 bits per heavy atom. The van der Waals surface area contributed by atoms with Crippen molar-refractivity contribution < 1.29 is 0 Å². The summed E-state index contributed by atoms with van der Waals surface area (Å²) in [6, 6.07) is 6.60. The lowest BCUT2D eigenvalue weighted by Gasteiger charge is -2.31. The Bertz CT molecular complexity index is 973. The van der Waals surface area contributed by atoms with Gasteiger partial charge in [-0.3, -0.25) is 0 Å². The maximum absolute atomic E-state index is 4.76. The summed E-state index contributed by atoms with van der Waals surface area (Å²) in [7, 11) is 0. The second-order valence-electron chi connectivity index (χ2n) is 8.31. The molecule has 0 atom stereocenters. The zero-order valence-corrected chi connectivity index (χ0v) is 19.6. The van der Waals surface area contributed by atoms with E-state index in [0.717, 1.165) is 17.0 Å². The Morgan fingerprint density at radius 1 is 0.679 bits per heavy atom. The third-order valence-electron chi connectivity index (χ3n) is 6.53. The molecule has 0 aliphatic carbocycles. The van der Waals surface area contributed by atoms with E-state index in [1.165, 1.54) is 44.5 Å². The molecule has 0 N–H and O–H groups in total. The molecule has 2 heteroatoms. The van der Waals surface area contributed by atoms with Gasteiger partial charge < -0.3 is 0 Å². The van der Waals surface area contributed by atoms with Crippen LogP contribution >= 0.6 is 0 Å². The van der Waals surface area contributed by atoms with Crippen molar-refractivity contribution >= 4 is 11.4 Å². The van der Waals surface area contributed by atoms with Crippen LogP contribution < -0.4 is 0 Å². The van der Waals surface area contributed by atoms with Crippen LogP contribution in [0.3, 0.4) is 0 Å². The van der Waals surface area contributed by atoms with Gasteiger partial charge in [-0.05, 0) is 93.5 Å². The van der Waals surface area contributed by atoms with Crippen molar-refractivity contribution in [2.75, 3.05) is 0 Å². The Kier molecular flexibility index (Phi) is 6.33. The molecule has 3 rings (SSSR count). The van der Waals surface area contributed by atoms with Crippen LogP contribution in [0.15, 0.2) is 28.4 Å². The predicted octanol–water partition coefficient (Wildman–Crippen LogP) is 7.07. The van der Waals surface area contributed by atoms with Crippen molar-refractivity contribution in [1.82, 2.24) is 0 Å². The predicted molar refractivity (Wildman–Crippen MR) is 124 cm³/mol. The molecule has 2 aromatic carbocycles. The first-order valence-corrected chi connectivity index (χ1v) is 10.4. The van der Waals surface area contributed by atoms with Gasteiger partial charge in [-0.15, -0.1) is 5.10 Å². The summed E-state index contributed by atoms with van der Waals surface area (Å²) < 4.78 is 0. The fourth-order valence-electron chi connectivity index (χ4n) is 3.96. The molecule has 2 aromatic rings. The van der Waals surface area contributed by atoms with Crippen LogP contribution in [0.2, 0.25) is 0 Å². The second kappa shape index (κ2) is 8.03. The van der Waals surface area contributed by atoms with E-state index in [1.807, 2.05) is 13.8 Å². The van der Waals surface area contributed by atoms with E-state index in [4.69, 9.17) is 5.10 Å². The van der Waals surface area contributed by atoms with E-state index in [2.05, 4.69) is 85.6 Å². The molecule has 1 aliphatic rings. The maximum atomic E-state index is 4.76. The van der Waals surface area contributed by atoms with Gasteiger partial charge >= 0.3 is 0 Å². The molecule has 0 aromatic heterocycles. The molecule has 1 heterocycles. The number of rotatable bonds is 1. The molecule has 0 spiro atoms. The summed E-state index contributed by atoms with van der Waals surface area (Å²) in [6.45, 7) is 23.9.